The second-order valence-electron chi connectivity index (χ2n) is 4.97. The van der Waals surface area contributed by atoms with E-state index in [9.17, 15) is 0 Å². The number of methoxy groups -OCH3 is 1. The lowest BCUT2D eigenvalue weighted by Crippen LogP contribution is -2.40. The van der Waals surface area contributed by atoms with Gasteiger partial charge in [-0.15, -0.1) is 0 Å². The maximum atomic E-state index is 5.13. The standard InChI is InChI=1S/C13H22N4O/c1-10(2)15-7-11-5-4-6-17(11)12-8-14-9-13(16-12)18-3/h8-11,15H,4-7H2,1-3H3. The zero-order valence-corrected chi connectivity index (χ0v) is 11.4. The molecular formula is C13H22N4O. The zero-order valence-electron chi connectivity index (χ0n) is 11.4. The van der Waals surface area contributed by atoms with E-state index in [-0.39, 0.29) is 0 Å². The molecule has 0 bridgehead atoms. The van der Waals surface area contributed by atoms with Crippen LogP contribution in [0.2, 0.25) is 0 Å². The number of rotatable bonds is 5. The van der Waals surface area contributed by atoms with Crippen molar-refractivity contribution in [2.45, 2.75) is 38.8 Å². The van der Waals surface area contributed by atoms with E-state index in [4.69, 9.17) is 4.74 Å². The van der Waals surface area contributed by atoms with Crippen LogP contribution >= 0.6 is 0 Å². The van der Waals surface area contributed by atoms with E-state index in [2.05, 4.69) is 34.0 Å². The van der Waals surface area contributed by atoms with E-state index in [0.29, 0.717) is 18.0 Å². The van der Waals surface area contributed by atoms with E-state index in [1.807, 2.05) is 6.20 Å². The first-order valence-corrected chi connectivity index (χ1v) is 6.56. The van der Waals surface area contributed by atoms with Crippen LogP contribution in [0.15, 0.2) is 12.4 Å². The van der Waals surface area contributed by atoms with Crippen molar-refractivity contribution in [3.05, 3.63) is 12.4 Å². The van der Waals surface area contributed by atoms with Crippen molar-refractivity contribution >= 4 is 5.82 Å². The van der Waals surface area contributed by atoms with Crippen LogP contribution in [0.25, 0.3) is 0 Å². The number of nitrogens with zero attached hydrogens (tertiary/aromatic N) is 3. The number of anilines is 1. The number of aromatic nitrogens is 2. The fourth-order valence-corrected chi connectivity index (χ4v) is 2.30. The predicted octanol–water partition coefficient (Wildman–Crippen LogP) is 1.45. The van der Waals surface area contributed by atoms with Gasteiger partial charge in [0.25, 0.3) is 0 Å². The van der Waals surface area contributed by atoms with Crippen LogP contribution in [0.5, 0.6) is 5.88 Å². The molecule has 1 fully saturated rings. The minimum absolute atomic E-state index is 0.508. The number of hydrogen-bond donors (Lipinski definition) is 1. The topological polar surface area (TPSA) is 50.3 Å². The van der Waals surface area contributed by atoms with Crippen molar-refractivity contribution < 1.29 is 4.74 Å². The molecule has 0 aromatic carbocycles. The van der Waals surface area contributed by atoms with Crippen LogP contribution in [-0.4, -0.2) is 42.3 Å². The summed E-state index contributed by atoms with van der Waals surface area (Å²) in [6.07, 6.45) is 5.87. The molecule has 2 rings (SSSR count). The Morgan fingerprint density at radius 1 is 1.50 bits per heavy atom. The maximum absolute atomic E-state index is 5.13. The third-order valence-electron chi connectivity index (χ3n) is 3.24. The molecule has 0 spiro atoms. The Bertz CT molecular complexity index is 383. The largest absolute Gasteiger partial charge is 0.480 e. The van der Waals surface area contributed by atoms with Crippen LogP contribution in [0, 0.1) is 0 Å². The fourth-order valence-electron chi connectivity index (χ4n) is 2.30. The summed E-state index contributed by atoms with van der Waals surface area (Å²) in [7, 11) is 1.62. The summed E-state index contributed by atoms with van der Waals surface area (Å²) in [6, 6.07) is 1.03. The van der Waals surface area contributed by atoms with Crippen molar-refractivity contribution in [3.63, 3.8) is 0 Å². The van der Waals surface area contributed by atoms with Crippen molar-refractivity contribution in [1.29, 1.82) is 0 Å². The van der Waals surface area contributed by atoms with Crippen LogP contribution in [-0.2, 0) is 0 Å². The van der Waals surface area contributed by atoms with Gasteiger partial charge in [0, 0.05) is 25.2 Å². The Labute approximate surface area is 109 Å². The summed E-state index contributed by atoms with van der Waals surface area (Å²) in [4.78, 5) is 11.0. The second-order valence-corrected chi connectivity index (χ2v) is 4.97. The normalized spacial score (nSPS) is 19.6. The lowest BCUT2D eigenvalue weighted by molar-refractivity contribution is 0.395. The molecular weight excluding hydrogens is 228 g/mol. The quantitative estimate of drug-likeness (QED) is 0.857. The smallest absolute Gasteiger partial charge is 0.233 e. The van der Waals surface area contributed by atoms with Gasteiger partial charge in [0.15, 0.2) is 5.82 Å². The minimum Gasteiger partial charge on any atom is -0.480 e. The van der Waals surface area contributed by atoms with Crippen LogP contribution in [0.1, 0.15) is 26.7 Å². The van der Waals surface area contributed by atoms with Gasteiger partial charge in [-0.05, 0) is 12.8 Å². The highest BCUT2D eigenvalue weighted by atomic mass is 16.5. The fraction of sp³-hybridized carbons (Fsp3) is 0.692. The third-order valence-corrected chi connectivity index (χ3v) is 3.24. The van der Waals surface area contributed by atoms with Gasteiger partial charge in [-0.25, -0.2) is 0 Å². The summed E-state index contributed by atoms with van der Waals surface area (Å²) in [6.45, 7) is 6.39. The number of ether oxygens (including phenoxy) is 1. The molecule has 0 aliphatic carbocycles. The zero-order chi connectivity index (χ0) is 13.0. The first-order valence-electron chi connectivity index (χ1n) is 6.56. The molecule has 1 N–H and O–H groups in total. The average molecular weight is 250 g/mol. The van der Waals surface area contributed by atoms with Gasteiger partial charge in [-0.1, -0.05) is 13.8 Å². The molecule has 1 aromatic rings. The Hall–Kier alpha value is -1.36. The first-order chi connectivity index (χ1) is 8.70. The molecule has 5 heteroatoms. The molecule has 2 heterocycles. The molecule has 0 amide bonds. The molecule has 18 heavy (non-hydrogen) atoms. The van der Waals surface area contributed by atoms with E-state index in [0.717, 1.165) is 18.9 Å². The summed E-state index contributed by atoms with van der Waals surface area (Å²) >= 11 is 0. The van der Waals surface area contributed by atoms with Crippen molar-refractivity contribution in [2.75, 3.05) is 25.1 Å². The van der Waals surface area contributed by atoms with E-state index in [1.54, 1.807) is 13.3 Å². The van der Waals surface area contributed by atoms with E-state index in [1.165, 1.54) is 12.8 Å². The molecule has 5 nitrogen and oxygen atoms in total. The van der Waals surface area contributed by atoms with Gasteiger partial charge in [0.05, 0.1) is 19.5 Å². The Morgan fingerprint density at radius 3 is 3.06 bits per heavy atom. The van der Waals surface area contributed by atoms with Gasteiger partial charge in [0.1, 0.15) is 0 Å². The monoisotopic (exact) mass is 250 g/mol. The molecule has 1 aliphatic heterocycles. The van der Waals surface area contributed by atoms with Crippen molar-refractivity contribution in [2.24, 2.45) is 0 Å². The molecule has 1 aliphatic rings. The Morgan fingerprint density at radius 2 is 2.33 bits per heavy atom. The molecule has 1 saturated heterocycles. The lowest BCUT2D eigenvalue weighted by atomic mass is 10.2. The Balaban J connectivity index is 2.05. The highest BCUT2D eigenvalue weighted by Gasteiger charge is 2.25. The summed E-state index contributed by atoms with van der Waals surface area (Å²) in [5.74, 6) is 1.50. The maximum Gasteiger partial charge on any atom is 0.233 e. The number of nitrogens with one attached hydrogen (secondary N) is 1. The average Bonchev–Trinajstić information content (AvgIpc) is 2.84. The van der Waals surface area contributed by atoms with Crippen LogP contribution in [0.3, 0.4) is 0 Å². The van der Waals surface area contributed by atoms with Gasteiger partial charge in [-0.3, -0.25) is 4.98 Å². The predicted molar refractivity (Wildman–Crippen MR) is 72.1 cm³/mol. The molecule has 100 valence electrons. The van der Waals surface area contributed by atoms with Gasteiger partial charge < -0.3 is 15.0 Å². The summed E-state index contributed by atoms with van der Waals surface area (Å²) in [5, 5.41) is 3.49. The van der Waals surface area contributed by atoms with Gasteiger partial charge >= 0.3 is 0 Å². The van der Waals surface area contributed by atoms with Crippen LogP contribution < -0.4 is 15.0 Å². The van der Waals surface area contributed by atoms with Crippen molar-refractivity contribution in [1.82, 2.24) is 15.3 Å². The van der Waals surface area contributed by atoms with Gasteiger partial charge in [0.2, 0.25) is 5.88 Å². The third kappa shape index (κ3) is 3.10. The highest BCUT2D eigenvalue weighted by Crippen LogP contribution is 2.24. The highest BCUT2D eigenvalue weighted by molar-refractivity contribution is 5.40. The summed E-state index contributed by atoms with van der Waals surface area (Å²) < 4.78 is 5.13. The van der Waals surface area contributed by atoms with Crippen LogP contribution in [0.4, 0.5) is 5.82 Å². The SMILES string of the molecule is COc1cncc(N2CCCC2CNC(C)C)n1. The second kappa shape index (κ2) is 6.00. The molecule has 1 unspecified atom stereocenters. The summed E-state index contributed by atoms with van der Waals surface area (Å²) in [5.41, 5.74) is 0. The number of hydrogen-bond acceptors (Lipinski definition) is 5. The first kappa shape index (κ1) is 13.1. The molecule has 1 atom stereocenters. The molecule has 1 aromatic heterocycles. The Kier molecular flexibility index (Phi) is 4.36. The lowest BCUT2D eigenvalue weighted by Gasteiger charge is -2.26. The van der Waals surface area contributed by atoms with E-state index < -0.39 is 0 Å². The minimum atomic E-state index is 0.508. The molecule has 0 saturated carbocycles. The van der Waals surface area contributed by atoms with E-state index >= 15 is 0 Å². The molecule has 0 radical (unpaired) electrons. The van der Waals surface area contributed by atoms with Gasteiger partial charge in [-0.2, -0.15) is 4.98 Å². The van der Waals surface area contributed by atoms with Crippen molar-refractivity contribution in [3.8, 4) is 5.88 Å².